The van der Waals surface area contributed by atoms with Gasteiger partial charge in [-0.3, -0.25) is 0 Å². The van der Waals surface area contributed by atoms with Gasteiger partial charge in [0.1, 0.15) is 9.98 Å². The molecule has 0 atom stereocenters. The van der Waals surface area contributed by atoms with Crippen molar-refractivity contribution in [2.75, 3.05) is 0 Å². The van der Waals surface area contributed by atoms with Crippen LogP contribution in [0.2, 0.25) is 5.15 Å². The van der Waals surface area contributed by atoms with Gasteiger partial charge in [0.25, 0.3) is 0 Å². The molecule has 3 aromatic rings. The van der Waals surface area contributed by atoms with Crippen LogP contribution in [0, 0.1) is 6.92 Å². The molecule has 0 N–H and O–H groups in total. The third kappa shape index (κ3) is 1.81. The highest BCUT2D eigenvalue weighted by atomic mass is 35.5. The summed E-state index contributed by atoms with van der Waals surface area (Å²) in [5, 5.41) is 3.43. The first kappa shape index (κ1) is 10.7. The molecule has 0 fully saturated rings. The van der Waals surface area contributed by atoms with Gasteiger partial charge in [0.05, 0.1) is 0 Å². The number of benzene rings is 1. The molecule has 1 aromatic carbocycles. The van der Waals surface area contributed by atoms with Gasteiger partial charge in [-0.25, -0.2) is 9.97 Å². The van der Waals surface area contributed by atoms with E-state index in [2.05, 4.69) is 9.97 Å². The summed E-state index contributed by atoms with van der Waals surface area (Å²) in [6.45, 7) is 2.05. The highest BCUT2D eigenvalue weighted by Gasteiger charge is 2.09. The first-order valence-corrected chi connectivity index (χ1v) is 6.48. The monoisotopic (exact) mass is 260 g/mol. The molecular formula is C13H9ClN2S. The van der Waals surface area contributed by atoms with Crippen molar-refractivity contribution in [2.45, 2.75) is 6.92 Å². The van der Waals surface area contributed by atoms with Crippen LogP contribution >= 0.6 is 22.9 Å². The molecule has 2 heterocycles. The molecule has 0 bridgehead atoms. The van der Waals surface area contributed by atoms with Crippen LogP contribution < -0.4 is 0 Å². The van der Waals surface area contributed by atoms with E-state index in [1.807, 2.05) is 42.6 Å². The fraction of sp³-hybridized carbons (Fsp3) is 0.0769. The van der Waals surface area contributed by atoms with Crippen molar-refractivity contribution in [1.82, 2.24) is 9.97 Å². The summed E-state index contributed by atoms with van der Waals surface area (Å²) in [6, 6.07) is 10.00. The molecule has 0 aliphatic heterocycles. The molecule has 4 heteroatoms. The molecule has 0 saturated heterocycles. The van der Waals surface area contributed by atoms with E-state index in [0.29, 0.717) is 11.0 Å². The fourth-order valence-corrected chi connectivity index (χ4v) is 2.82. The fourth-order valence-electron chi connectivity index (χ4n) is 1.76. The Kier molecular flexibility index (Phi) is 2.57. The Balaban J connectivity index is 2.28. The second kappa shape index (κ2) is 4.09. The highest BCUT2D eigenvalue weighted by Crippen LogP contribution is 2.29. The van der Waals surface area contributed by atoms with Crippen molar-refractivity contribution in [3.8, 4) is 11.4 Å². The van der Waals surface area contributed by atoms with Crippen LogP contribution in [0.4, 0.5) is 0 Å². The minimum absolute atomic E-state index is 0.523. The normalized spacial score (nSPS) is 10.9. The van der Waals surface area contributed by atoms with Gasteiger partial charge in [-0.2, -0.15) is 0 Å². The lowest BCUT2D eigenvalue weighted by Crippen LogP contribution is -1.91. The second-order valence-electron chi connectivity index (χ2n) is 3.79. The molecule has 0 aliphatic carbocycles. The van der Waals surface area contributed by atoms with Crippen molar-refractivity contribution >= 4 is 33.2 Å². The van der Waals surface area contributed by atoms with Gasteiger partial charge in [0.15, 0.2) is 5.82 Å². The number of aryl methyl sites for hydroxylation is 1. The number of hydrogen-bond acceptors (Lipinski definition) is 3. The number of halogens is 1. The quantitative estimate of drug-likeness (QED) is 0.609. The molecular weight excluding hydrogens is 252 g/mol. The first-order chi connectivity index (χ1) is 8.25. The number of hydrogen-bond donors (Lipinski definition) is 0. The first-order valence-electron chi connectivity index (χ1n) is 5.22. The summed E-state index contributed by atoms with van der Waals surface area (Å²) < 4.78 is 0. The molecule has 2 aromatic heterocycles. The third-order valence-electron chi connectivity index (χ3n) is 2.66. The maximum absolute atomic E-state index is 6.16. The van der Waals surface area contributed by atoms with Crippen molar-refractivity contribution in [3.05, 3.63) is 46.4 Å². The van der Waals surface area contributed by atoms with Crippen molar-refractivity contribution in [1.29, 1.82) is 0 Å². The van der Waals surface area contributed by atoms with E-state index in [-0.39, 0.29) is 0 Å². The Bertz CT molecular complexity index is 691. The van der Waals surface area contributed by atoms with Gasteiger partial charge in [-0.05, 0) is 23.9 Å². The molecule has 0 aliphatic rings. The SMILES string of the molecule is Cc1ccccc1-c1nc(Cl)c2ccsc2n1. The minimum atomic E-state index is 0.523. The molecule has 0 radical (unpaired) electrons. The Labute approximate surface area is 108 Å². The number of rotatable bonds is 1. The van der Waals surface area contributed by atoms with E-state index < -0.39 is 0 Å². The lowest BCUT2D eigenvalue weighted by atomic mass is 10.1. The highest BCUT2D eigenvalue weighted by molar-refractivity contribution is 7.16. The lowest BCUT2D eigenvalue weighted by molar-refractivity contribution is 1.22. The van der Waals surface area contributed by atoms with Crippen LogP contribution in [-0.2, 0) is 0 Å². The van der Waals surface area contributed by atoms with Gasteiger partial charge in [0.2, 0.25) is 0 Å². The Morgan fingerprint density at radius 1 is 1.12 bits per heavy atom. The summed E-state index contributed by atoms with van der Waals surface area (Å²) in [7, 11) is 0. The third-order valence-corrected chi connectivity index (χ3v) is 3.76. The smallest absolute Gasteiger partial charge is 0.162 e. The second-order valence-corrected chi connectivity index (χ2v) is 5.04. The maximum Gasteiger partial charge on any atom is 0.162 e. The Morgan fingerprint density at radius 2 is 1.94 bits per heavy atom. The Morgan fingerprint density at radius 3 is 2.76 bits per heavy atom. The van der Waals surface area contributed by atoms with E-state index >= 15 is 0 Å². The van der Waals surface area contributed by atoms with Gasteiger partial charge < -0.3 is 0 Å². The standard InChI is InChI=1S/C13H9ClN2S/c1-8-4-2-3-5-9(8)12-15-11(14)10-6-7-17-13(10)16-12/h2-7H,1H3. The number of fused-ring (bicyclic) bond motifs is 1. The summed E-state index contributed by atoms with van der Waals surface area (Å²) in [5.41, 5.74) is 2.18. The molecule has 0 saturated carbocycles. The van der Waals surface area contributed by atoms with Crippen LogP contribution in [0.1, 0.15) is 5.56 Å². The van der Waals surface area contributed by atoms with E-state index in [1.54, 1.807) is 11.3 Å². The molecule has 17 heavy (non-hydrogen) atoms. The van der Waals surface area contributed by atoms with Crippen LogP contribution in [0.15, 0.2) is 35.7 Å². The zero-order valence-corrected chi connectivity index (χ0v) is 10.7. The molecule has 84 valence electrons. The average molecular weight is 261 g/mol. The summed E-state index contributed by atoms with van der Waals surface area (Å²) in [6.07, 6.45) is 0. The van der Waals surface area contributed by atoms with Crippen LogP contribution in [0.3, 0.4) is 0 Å². The molecule has 3 rings (SSSR count). The summed E-state index contributed by atoms with van der Waals surface area (Å²) in [5.74, 6) is 0.697. The largest absolute Gasteiger partial charge is 0.217 e. The number of nitrogens with zero attached hydrogens (tertiary/aromatic N) is 2. The topological polar surface area (TPSA) is 25.8 Å². The number of aromatic nitrogens is 2. The molecule has 0 spiro atoms. The van der Waals surface area contributed by atoms with E-state index in [1.165, 1.54) is 0 Å². The van der Waals surface area contributed by atoms with Crippen LogP contribution in [0.25, 0.3) is 21.6 Å². The zero-order chi connectivity index (χ0) is 11.8. The predicted octanol–water partition coefficient (Wildman–Crippen LogP) is 4.32. The van der Waals surface area contributed by atoms with Crippen molar-refractivity contribution < 1.29 is 0 Å². The van der Waals surface area contributed by atoms with Gasteiger partial charge in [0, 0.05) is 10.9 Å². The van der Waals surface area contributed by atoms with Crippen molar-refractivity contribution in [2.24, 2.45) is 0 Å². The average Bonchev–Trinajstić information content (AvgIpc) is 2.78. The summed E-state index contributed by atoms with van der Waals surface area (Å²) >= 11 is 7.74. The maximum atomic E-state index is 6.16. The minimum Gasteiger partial charge on any atom is -0.217 e. The Hall–Kier alpha value is -1.45. The molecule has 2 nitrogen and oxygen atoms in total. The van der Waals surface area contributed by atoms with Crippen molar-refractivity contribution in [3.63, 3.8) is 0 Å². The van der Waals surface area contributed by atoms with Gasteiger partial charge >= 0.3 is 0 Å². The summed E-state index contributed by atoms with van der Waals surface area (Å²) in [4.78, 5) is 9.85. The van der Waals surface area contributed by atoms with Gasteiger partial charge in [-0.15, -0.1) is 11.3 Å². The van der Waals surface area contributed by atoms with Crippen LogP contribution in [-0.4, -0.2) is 9.97 Å². The van der Waals surface area contributed by atoms with Gasteiger partial charge in [-0.1, -0.05) is 35.9 Å². The van der Waals surface area contributed by atoms with Crippen LogP contribution in [0.5, 0.6) is 0 Å². The van der Waals surface area contributed by atoms with E-state index in [9.17, 15) is 0 Å². The predicted molar refractivity (Wildman–Crippen MR) is 72.6 cm³/mol. The lowest BCUT2D eigenvalue weighted by Gasteiger charge is -2.04. The zero-order valence-electron chi connectivity index (χ0n) is 9.14. The molecule has 0 unspecified atom stereocenters. The van der Waals surface area contributed by atoms with E-state index in [0.717, 1.165) is 21.3 Å². The van der Waals surface area contributed by atoms with E-state index in [4.69, 9.17) is 11.6 Å². The number of thiophene rings is 1. The molecule has 0 amide bonds.